The number of aromatic nitrogens is 4. The molecule has 0 aliphatic rings. The molecule has 0 radical (unpaired) electrons. The van der Waals surface area contributed by atoms with Crippen LogP contribution in [-0.4, -0.2) is 30.8 Å². The van der Waals surface area contributed by atoms with Crippen molar-refractivity contribution < 1.29 is 9.72 Å². The van der Waals surface area contributed by atoms with Gasteiger partial charge in [0.1, 0.15) is 6.20 Å². The molecule has 0 saturated carbocycles. The van der Waals surface area contributed by atoms with Crippen molar-refractivity contribution in [3.05, 3.63) is 39.5 Å². The van der Waals surface area contributed by atoms with Crippen LogP contribution in [0, 0.1) is 17.0 Å². The van der Waals surface area contributed by atoms with Gasteiger partial charge < -0.3 is 5.32 Å². The molecule has 1 amide bonds. The first-order valence-electron chi connectivity index (χ1n) is 6.01. The summed E-state index contributed by atoms with van der Waals surface area (Å²) in [5.74, 6) is -0.571. The highest BCUT2D eigenvalue weighted by molar-refractivity contribution is 5.95. The standard InChI is InChI=1S/C11H14N6O3/c1-3-16-7(2)8(5-14-16)4-12-11(18)10-9(17(19)20)6-13-15-10/h5-6H,3-4H2,1-2H3,(H,12,18)(H,13,15). The van der Waals surface area contributed by atoms with E-state index in [0.29, 0.717) is 0 Å². The van der Waals surface area contributed by atoms with Gasteiger partial charge in [-0.2, -0.15) is 10.2 Å². The minimum absolute atomic E-state index is 0.157. The maximum atomic E-state index is 11.9. The monoisotopic (exact) mass is 278 g/mol. The Morgan fingerprint density at radius 1 is 1.55 bits per heavy atom. The predicted octanol–water partition coefficient (Wildman–Crippen LogP) is 0.773. The molecule has 20 heavy (non-hydrogen) atoms. The minimum atomic E-state index is -0.654. The average Bonchev–Trinajstić information content (AvgIpc) is 3.03. The van der Waals surface area contributed by atoms with Gasteiger partial charge in [-0.25, -0.2) is 0 Å². The summed E-state index contributed by atoms with van der Waals surface area (Å²) in [5.41, 5.74) is 1.31. The lowest BCUT2D eigenvalue weighted by atomic mass is 10.2. The van der Waals surface area contributed by atoms with Crippen molar-refractivity contribution in [3.63, 3.8) is 0 Å². The third-order valence-corrected chi connectivity index (χ3v) is 2.99. The molecule has 106 valence electrons. The van der Waals surface area contributed by atoms with Crippen molar-refractivity contribution in [1.82, 2.24) is 25.3 Å². The average molecular weight is 278 g/mol. The molecular weight excluding hydrogens is 264 g/mol. The predicted molar refractivity (Wildman–Crippen MR) is 69.1 cm³/mol. The van der Waals surface area contributed by atoms with Crippen molar-refractivity contribution in [2.24, 2.45) is 0 Å². The highest BCUT2D eigenvalue weighted by atomic mass is 16.6. The van der Waals surface area contributed by atoms with Gasteiger partial charge in [0.2, 0.25) is 5.69 Å². The van der Waals surface area contributed by atoms with Gasteiger partial charge in [-0.05, 0) is 13.8 Å². The lowest BCUT2D eigenvalue weighted by molar-refractivity contribution is -0.385. The molecule has 9 nitrogen and oxygen atoms in total. The van der Waals surface area contributed by atoms with Crippen LogP contribution in [0.4, 0.5) is 5.69 Å². The van der Waals surface area contributed by atoms with E-state index < -0.39 is 10.8 Å². The second-order valence-corrected chi connectivity index (χ2v) is 4.14. The molecule has 0 aliphatic heterocycles. The molecule has 0 aromatic carbocycles. The summed E-state index contributed by atoms with van der Waals surface area (Å²) >= 11 is 0. The molecule has 2 rings (SSSR count). The Kier molecular flexibility index (Phi) is 3.78. The third-order valence-electron chi connectivity index (χ3n) is 2.99. The van der Waals surface area contributed by atoms with Crippen LogP contribution in [0.25, 0.3) is 0 Å². The van der Waals surface area contributed by atoms with E-state index in [-0.39, 0.29) is 17.9 Å². The van der Waals surface area contributed by atoms with Crippen LogP contribution in [0.15, 0.2) is 12.4 Å². The lowest BCUT2D eigenvalue weighted by Crippen LogP contribution is -2.24. The van der Waals surface area contributed by atoms with Crippen molar-refractivity contribution >= 4 is 11.6 Å². The SMILES string of the molecule is CCn1ncc(CNC(=O)c2[nH]ncc2[N+](=O)[O-])c1C. The summed E-state index contributed by atoms with van der Waals surface area (Å²) in [4.78, 5) is 21.9. The molecule has 0 saturated heterocycles. The van der Waals surface area contributed by atoms with E-state index in [1.807, 2.05) is 13.8 Å². The number of carbonyl (C=O) groups is 1. The van der Waals surface area contributed by atoms with Gasteiger partial charge >= 0.3 is 5.69 Å². The molecule has 2 heterocycles. The van der Waals surface area contributed by atoms with Crippen molar-refractivity contribution in [2.45, 2.75) is 26.9 Å². The molecule has 2 aromatic heterocycles. The van der Waals surface area contributed by atoms with Crippen LogP contribution >= 0.6 is 0 Å². The number of nitrogens with zero attached hydrogens (tertiary/aromatic N) is 4. The zero-order chi connectivity index (χ0) is 14.7. The van der Waals surface area contributed by atoms with Crippen molar-refractivity contribution in [3.8, 4) is 0 Å². The largest absolute Gasteiger partial charge is 0.346 e. The van der Waals surface area contributed by atoms with E-state index in [1.54, 1.807) is 10.9 Å². The molecule has 0 fully saturated rings. The van der Waals surface area contributed by atoms with Crippen LogP contribution in [0.1, 0.15) is 28.7 Å². The molecule has 2 aromatic rings. The van der Waals surface area contributed by atoms with Gasteiger partial charge in [-0.15, -0.1) is 0 Å². The zero-order valence-corrected chi connectivity index (χ0v) is 11.1. The first-order valence-corrected chi connectivity index (χ1v) is 6.01. The van der Waals surface area contributed by atoms with E-state index in [4.69, 9.17) is 0 Å². The summed E-state index contributed by atoms with van der Waals surface area (Å²) in [7, 11) is 0. The van der Waals surface area contributed by atoms with Gasteiger partial charge in [0, 0.05) is 24.3 Å². The fourth-order valence-electron chi connectivity index (χ4n) is 1.83. The molecule has 0 spiro atoms. The maximum Gasteiger partial charge on any atom is 0.319 e. The first kappa shape index (κ1) is 13.7. The Bertz CT molecular complexity index is 644. The number of H-pyrrole nitrogens is 1. The van der Waals surface area contributed by atoms with Crippen molar-refractivity contribution in [2.75, 3.05) is 0 Å². The van der Waals surface area contributed by atoms with Crippen LogP contribution in [0.5, 0.6) is 0 Å². The quantitative estimate of drug-likeness (QED) is 0.618. The summed E-state index contributed by atoms with van der Waals surface area (Å²) < 4.78 is 1.81. The lowest BCUT2D eigenvalue weighted by Gasteiger charge is -2.04. The number of hydrogen-bond acceptors (Lipinski definition) is 5. The Morgan fingerprint density at radius 2 is 2.30 bits per heavy atom. The zero-order valence-electron chi connectivity index (χ0n) is 11.1. The second kappa shape index (κ2) is 5.51. The van der Waals surface area contributed by atoms with E-state index in [9.17, 15) is 14.9 Å². The Balaban J connectivity index is 2.07. The van der Waals surface area contributed by atoms with Crippen LogP contribution in [-0.2, 0) is 13.1 Å². The molecule has 0 aliphatic carbocycles. The summed E-state index contributed by atoms with van der Waals surface area (Å²) in [5, 5.41) is 23.3. The highest BCUT2D eigenvalue weighted by Crippen LogP contribution is 2.14. The molecular formula is C11H14N6O3. The first-order chi connectivity index (χ1) is 9.54. The van der Waals surface area contributed by atoms with Gasteiger partial charge in [0.15, 0.2) is 0 Å². The van der Waals surface area contributed by atoms with E-state index >= 15 is 0 Å². The number of hydrogen-bond donors (Lipinski definition) is 2. The summed E-state index contributed by atoms with van der Waals surface area (Å²) in [6.45, 7) is 4.86. The van der Waals surface area contributed by atoms with Gasteiger partial charge in [0.05, 0.1) is 11.1 Å². The summed E-state index contributed by atoms with van der Waals surface area (Å²) in [6, 6.07) is 0. The number of rotatable bonds is 5. The van der Waals surface area contributed by atoms with E-state index in [0.717, 1.165) is 24.0 Å². The third kappa shape index (κ3) is 2.51. The molecule has 2 N–H and O–H groups in total. The van der Waals surface area contributed by atoms with E-state index in [2.05, 4.69) is 20.6 Å². The molecule has 9 heteroatoms. The maximum absolute atomic E-state index is 11.9. The van der Waals surface area contributed by atoms with Crippen LogP contribution in [0.3, 0.4) is 0 Å². The number of nitro groups is 1. The van der Waals surface area contributed by atoms with Gasteiger partial charge in [-0.1, -0.05) is 0 Å². The Labute approximate surface area is 114 Å². The molecule has 0 atom stereocenters. The normalized spacial score (nSPS) is 10.5. The van der Waals surface area contributed by atoms with E-state index in [1.165, 1.54) is 0 Å². The number of aryl methyl sites for hydroxylation is 1. The van der Waals surface area contributed by atoms with Crippen molar-refractivity contribution in [1.29, 1.82) is 0 Å². The second-order valence-electron chi connectivity index (χ2n) is 4.14. The van der Waals surface area contributed by atoms with Crippen LogP contribution < -0.4 is 5.32 Å². The smallest absolute Gasteiger partial charge is 0.319 e. The fraction of sp³-hybridized carbons (Fsp3) is 0.364. The topological polar surface area (TPSA) is 119 Å². The number of aromatic amines is 1. The van der Waals surface area contributed by atoms with Gasteiger partial charge in [0.25, 0.3) is 5.91 Å². The highest BCUT2D eigenvalue weighted by Gasteiger charge is 2.22. The number of carbonyl (C=O) groups excluding carboxylic acids is 1. The fourth-order valence-corrected chi connectivity index (χ4v) is 1.83. The molecule has 0 unspecified atom stereocenters. The number of nitrogens with one attached hydrogen (secondary N) is 2. The van der Waals surface area contributed by atoms with Gasteiger partial charge in [-0.3, -0.25) is 24.7 Å². The Morgan fingerprint density at radius 3 is 2.90 bits per heavy atom. The summed E-state index contributed by atoms with van der Waals surface area (Å²) in [6.07, 6.45) is 2.68. The number of amides is 1. The van der Waals surface area contributed by atoms with Crippen LogP contribution in [0.2, 0.25) is 0 Å². The minimum Gasteiger partial charge on any atom is -0.346 e. The molecule has 0 bridgehead atoms. The Hall–Kier alpha value is -2.71.